The van der Waals surface area contributed by atoms with Gasteiger partial charge in [0, 0.05) is 37.6 Å². The van der Waals surface area contributed by atoms with Crippen LogP contribution in [0.3, 0.4) is 0 Å². The van der Waals surface area contributed by atoms with E-state index in [4.69, 9.17) is 0 Å². The highest BCUT2D eigenvalue weighted by Gasteiger charge is 2.10. The zero-order valence-corrected chi connectivity index (χ0v) is 12.2. The van der Waals surface area contributed by atoms with Crippen LogP contribution < -0.4 is 15.5 Å². The Morgan fingerprint density at radius 3 is 2.14 bits per heavy atom. The number of phenolic OH excluding ortho intramolecular Hbond substituents is 3. The molecule has 0 heterocycles. The van der Waals surface area contributed by atoms with Gasteiger partial charge in [-0.2, -0.15) is 0 Å². The number of carbonyl (C=O) groups excluding carboxylic acids is 1. The van der Waals surface area contributed by atoms with E-state index >= 15 is 0 Å². The summed E-state index contributed by atoms with van der Waals surface area (Å²) < 4.78 is 0. The maximum Gasteiger partial charge on any atom is 0.323 e. The molecule has 5 N–H and O–H groups in total. The van der Waals surface area contributed by atoms with E-state index in [2.05, 4.69) is 10.6 Å². The summed E-state index contributed by atoms with van der Waals surface area (Å²) >= 11 is 0. The van der Waals surface area contributed by atoms with Gasteiger partial charge in [0.25, 0.3) is 0 Å². The number of phenols is 3. The highest BCUT2D eigenvalue weighted by molar-refractivity contribution is 6.00. The Bertz CT molecular complexity index is 678. The number of rotatable bonds is 3. The van der Waals surface area contributed by atoms with Crippen LogP contribution in [0, 0.1) is 0 Å². The molecule has 116 valence electrons. The quantitative estimate of drug-likeness (QED) is 0.442. The summed E-state index contributed by atoms with van der Waals surface area (Å²) in [6, 6.07) is 8.96. The second-order valence-electron chi connectivity index (χ2n) is 4.89. The molecule has 0 spiro atoms. The molecule has 0 aliphatic carbocycles. The molecule has 0 aromatic heterocycles. The lowest BCUT2D eigenvalue weighted by molar-refractivity contribution is 0.262. The molecule has 22 heavy (non-hydrogen) atoms. The van der Waals surface area contributed by atoms with Crippen LogP contribution in [0.15, 0.2) is 36.4 Å². The summed E-state index contributed by atoms with van der Waals surface area (Å²) in [7, 11) is 3.78. The van der Waals surface area contributed by atoms with E-state index in [-0.39, 0.29) is 5.69 Å². The van der Waals surface area contributed by atoms with Crippen LogP contribution in [0.4, 0.5) is 21.9 Å². The summed E-state index contributed by atoms with van der Waals surface area (Å²) in [5, 5.41) is 33.1. The monoisotopic (exact) mass is 303 g/mol. The van der Waals surface area contributed by atoms with Gasteiger partial charge in [0.1, 0.15) is 0 Å². The predicted molar refractivity (Wildman–Crippen MR) is 84.8 cm³/mol. The highest BCUT2D eigenvalue weighted by Crippen LogP contribution is 2.37. The normalized spacial score (nSPS) is 10.1. The van der Waals surface area contributed by atoms with Crippen molar-refractivity contribution in [2.24, 2.45) is 0 Å². The Hall–Kier alpha value is -3.09. The number of benzene rings is 2. The maximum absolute atomic E-state index is 11.9. The van der Waals surface area contributed by atoms with Gasteiger partial charge in [0.05, 0.1) is 5.69 Å². The molecule has 0 aliphatic heterocycles. The van der Waals surface area contributed by atoms with Crippen LogP contribution in [0.25, 0.3) is 0 Å². The molecule has 0 fully saturated rings. The van der Waals surface area contributed by atoms with Crippen LogP contribution >= 0.6 is 0 Å². The minimum atomic E-state index is -0.635. The number of anilines is 3. The third kappa shape index (κ3) is 3.51. The third-order valence-electron chi connectivity index (χ3n) is 2.95. The number of nitrogens with one attached hydrogen (secondary N) is 2. The van der Waals surface area contributed by atoms with Gasteiger partial charge >= 0.3 is 6.03 Å². The number of aromatic hydroxyl groups is 3. The molecule has 0 bridgehead atoms. The van der Waals surface area contributed by atoms with Crippen molar-refractivity contribution in [1.29, 1.82) is 0 Å². The Morgan fingerprint density at radius 1 is 0.955 bits per heavy atom. The maximum atomic E-state index is 11.9. The van der Waals surface area contributed by atoms with Crippen molar-refractivity contribution in [3.8, 4) is 17.2 Å². The molecule has 0 aliphatic rings. The van der Waals surface area contributed by atoms with Crippen molar-refractivity contribution in [1.82, 2.24) is 0 Å². The van der Waals surface area contributed by atoms with E-state index in [1.165, 1.54) is 0 Å². The number of amides is 2. The van der Waals surface area contributed by atoms with E-state index in [1.807, 2.05) is 31.1 Å². The van der Waals surface area contributed by atoms with Crippen LogP contribution in [-0.2, 0) is 0 Å². The number of carbonyl (C=O) groups is 1. The molecule has 2 amide bonds. The molecule has 0 atom stereocenters. The lowest BCUT2D eigenvalue weighted by Gasteiger charge is -2.14. The van der Waals surface area contributed by atoms with Crippen LogP contribution in [0.5, 0.6) is 17.2 Å². The zero-order valence-electron chi connectivity index (χ0n) is 12.2. The summed E-state index contributed by atoms with van der Waals surface area (Å²) in [6.45, 7) is 0. The van der Waals surface area contributed by atoms with Crippen molar-refractivity contribution in [2.45, 2.75) is 0 Å². The van der Waals surface area contributed by atoms with E-state index in [0.29, 0.717) is 5.69 Å². The molecule has 0 saturated carbocycles. The molecule has 2 aromatic rings. The number of hydrogen-bond donors (Lipinski definition) is 5. The second-order valence-corrected chi connectivity index (χ2v) is 4.89. The van der Waals surface area contributed by atoms with Crippen molar-refractivity contribution in [3.05, 3.63) is 36.4 Å². The van der Waals surface area contributed by atoms with Crippen LogP contribution in [0.2, 0.25) is 0 Å². The van der Waals surface area contributed by atoms with Gasteiger partial charge in [0.15, 0.2) is 17.2 Å². The third-order valence-corrected chi connectivity index (χ3v) is 2.95. The fourth-order valence-electron chi connectivity index (χ4n) is 1.83. The Balaban J connectivity index is 2.09. The van der Waals surface area contributed by atoms with E-state index in [0.717, 1.165) is 17.8 Å². The van der Waals surface area contributed by atoms with Gasteiger partial charge in [-0.25, -0.2) is 4.79 Å². The van der Waals surface area contributed by atoms with Crippen molar-refractivity contribution >= 4 is 23.1 Å². The van der Waals surface area contributed by atoms with Crippen molar-refractivity contribution < 1.29 is 20.1 Å². The van der Waals surface area contributed by atoms with Gasteiger partial charge in [0.2, 0.25) is 0 Å². The van der Waals surface area contributed by atoms with Gasteiger partial charge < -0.3 is 30.9 Å². The summed E-state index contributed by atoms with van der Waals surface area (Å²) in [4.78, 5) is 13.8. The first-order valence-corrected chi connectivity index (χ1v) is 6.47. The van der Waals surface area contributed by atoms with Gasteiger partial charge in [-0.3, -0.25) is 0 Å². The lowest BCUT2D eigenvalue weighted by Crippen LogP contribution is -2.19. The Kier molecular flexibility index (Phi) is 4.26. The number of urea groups is 1. The first-order valence-electron chi connectivity index (χ1n) is 6.47. The minimum Gasteiger partial charge on any atom is -0.504 e. The van der Waals surface area contributed by atoms with E-state index in [1.54, 1.807) is 12.1 Å². The summed E-state index contributed by atoms with van der Waals surface area (Å²) in [5.74, 6) is -1.68. The fourth-order valence-corrected chi connectivity index (χ4v) is 1.83. The van der Waals surface area contributed by atoms with Gasteiger partial charge in [-0.1, -0.05) is 6.07 Å². The molecule has 2 rings (SSSR count). The smallest absolute Gasteiger partial charge is 0.323 e. The zero-order chi connectivity index (χ0) is 16.3. The SMILES string of the molecule is CN(C)c1cccc(NC(=O)Nc2cc(O)c(O)c(O)c2)c1. The van der Waals surface area contributed by atoms with Crippen LogP contribution in [-0.4, -0.2) is 35.4 Å². The van der Waals surface area contributed by atoms with Crippen molar-refractivity contribution in [3.63, 3.8) is 0 Å². The highest BCUT2D eigenvalue weighted by atomic mass is 16.3. The fraction of sp³-hybridized carbons (Fsp3) is 0.133. The first kappa shape index (κ1) is 15.3. The Morgan fingerprint density at radius 2 is 1.55 bits per heavy atom. The molecule has 7 heteroatoms. The van der Waals surface area contributed by atoms with Gasteiger partial charge in [-0.05, 0) is 18.2 Å². The second kappa shape index (κ2) is 6.13. The van der Waals surface area contributed by atoms with Crippen LogP contribution in [0.1, 0.15) is 0 Å². The summed E-state index contributed by atoms with van der Waals surface area (Å²) in [5.41, 5.74) is 1.67. The van der Waals surface area contributed by atoms with Gasteiger partial charge in [-0.15, -0.1) is 0 Å². The molecule has 0 radical (unpaired) electrons. The standard InChI is InChI=1S/C15H17N3O4/c1-18(2)11-5-3-4-9(6-11)16-15(22)17-10-7-12(19)14(21)13(20)8-10/h3-8,19-21H,1-2H3,(H2,16,17,22). The largest absolute Gasteiger partial charge is 0.504 e. The predicted octanol–water partition coefficient (Wildman–Crippen LogP) is 2.51. The number of hydrogen-bond acceptors (Lipinski definition) is 5. The average Bonchev–Trinajstić information content (AvgIpc) is 2.44. The molecular weight excluding hydrogens is 286 g/mol. The van der Waals surface area contributed by atoms with E-state index in [9.17, 15) is 20.1 Å². The molecule has 0 saturated heterocycles. The first-order chi connectivity index (χ1) is 10.4. The molecule has 2 aromatic carbocycles. The molecular formula is C15H17N3O4. The van der Waals surface area contributed by atoms with E-state index < -0.39 is 23.3 Å². The molecule has 0 unspecified atom stereocenters. The molecule has 7 nitrogen and oxygen atoms in total. The topological polar surface area (TPSA) is 105 Å². The average molecular weight is 303 g/mol. The summed E-state index contributed by atoms with van der Waals surface area (Å²) in [6.07, 6.45) is 0. The lowest BCUT2D eigenvalue weighted by atomic mass is 10.2. The number of nitrogens with zero attached hydrogens (tertiary/aromatic N) is 1. The minimum absolute atomic E-state index is 0.147. The Labute approximate surface area is 127 Å². The van der Waals surface area contributed by atoms with Crippen molar-refractivity contribution in [2.75, 3.05) is 29.6 Å².